The zero-order valence-corrected chi connectivity index (χ0v) is 13.4. The van der Waals surface area contributed by atoms with E-state index >= 15 is 0 Å². The van der Waals surface area contributed by atoms with Gasteiger partial charge >= 0.3 is 0 Å². The van der Waals surface area contributed by atoms with Gasteiger partial charge in [-0.15, -0.1) is 0 Å². The zero-order chi connectivity index (χ0) is 14.3. The molecule has 0 bridgehead atoms. The number of nitrogens with one attached hydrogen (secondary N) is 1. The molecule has 1 aliphatic heterocycles. The van der Waals surface area contributed by atoms with E-state index < -0.39 is 10.0 Å². The molecule has 0 amide bonds. The van der Waals surface area contributed by atoms with Crippen molar-refractivity contribution in [3.05, 3.63) is 0 Å². The summed E-state index contributed by atoms with van der Waals surface area (Å²) in [5.74, 6) is 0.712. The third-order valence-corrected chi connectivity index (χ3v) is 4.73. The van der Waals surface area contributed by atoms with Gasteiger partial charge in [0.15, 0.2) is 0 Å². The highest BCUT2D eigenvalue weighted by atomic mass is 32.2. The molecule has 0 saturated carbocycles. The minimum absolute atomic E-state index is 0.643. The van der Waals surface area contributed by atoms with Gasteiger partial charge in [-0.3, -0.25) is 0 Å². The van der Waals surface area contributed by atoms with E-state index in [4.69, 9.17) is 0 Å². The highest BCUT2D eigenvalue weighted by Gasteiger charge is 2.22. The standard InChI is InChI=1S/C13H29N3O2S/c1-13(2)12-14-6-4-5-7-15-8-10-16(11-9-15)19(3,17)18/h13-14H,4-12H2,1-3H3. The van der Waals surface area contributed by atoms with Crippen LogP contribution in [0.25, 0.3) is 0 Å². The topological polar surface area (TPSA) is 52.6 Å². The average molecular weight is 291 g/mol. The lowest BCUT2D eigenvalue weighted by atomic mass is 10.2. The molecule has 0 aliphatic carbocycles. The first-order valence-electron chi connectivity index (χ1n) is 7.28. The van der Waals surface area contributed by atoms with E-state index in [0.29, 0.717) is 19.0 Å². The van der Waals surface area contributed by atoms with Crippen molar-refractivity contribution in [3.8, 4) is 0 Å². The number of sulfonamides is 1. The lowest BCUT2D eigenvalue weighted by Crippen LogP contribution is -2.48. The number of unbranched alkanes of at least 4 members (excludes halogenated alkanes) is 1. The van der Waals surface area contributed by atoms with Gasteiger partial charge in [-0.05, 0) is 38.4 Å². The van der Waals surface area contributed by atoms with Crippen LogP contribution in [-0.2, 0) is 10.0 Å². The van der Waals surface area contributed by atoms with Crippen LogP contribution >= 0.6 is 0 Å². The average Bonchev–Trinajstić information content (AvgIpc) is 2.32. The van der Waals surface area contributed by atoms with Crippen molar-refractivity contribution < 1.29 is 8.42 Å². The molecule has 0 aromatic heterocycles. The molecule has 19 heavy (non-hydrogen) atoms. The number of rotatable bonds is 8. The molecule has 1 rings (SSSR count). The minimum atomic E-state index is -2.99. The van der Waals surface area contributed by atoms with Crippen molar-refractivity contribution in [2.45, 2.75) is 26.7 Å². The van der Waals surface area contributed by atoms with E-state index in [1.54, 1.807) is 4.31 Å². The Morgan fingerprint density at radius 2 is 1.74 bits per heavy atom. The Bertz CT molecular complexity index is 336. The van der Waals surface area contributed by atoms with Gasteiger partial charge < -0.3 is 10.2 Å². The molecule has 5 nitrogen and oxygen atoms in total. The van der Waals surface area contributed by atoms with Gasteiger partial charge in [-0.1, -0.05) is 13.8 Å². The van der Waals surface area contributed by atoms with Crippen LogP contribution in [0, 0.1) is 5.92 Å². The predicted octanol–water partition coefficient (Wildman–Crippen LogP) is 0.589. The summed E-state index contributed by atoms with van der Waals surface area (Å²) >= 11 is 0. The van der Waals surface area contributed by atoms with Crippen molar-refractivity contribution in [1.29, 1.82) is 0 Å². The summed E-state index contributed by atoms with van der Waals surface area (Å²) in [5.41, 5.74) is 0. The second-order valence-corrected chi connectivity index (χ2v) is 7.79. The molecule has 1 heterocycles. The van der Waals surface area contributed by atoms with E-state index in [1.165, 1.54) is 19.1 Å². The summed E-state index contributed by atoms with van der Waals surface area (Å²) in [6.07, 6.45) is 3.67. The largest absolute Gasteiger partial charge is 0.316 e. The third-order valence-electron chi connectivity index (χ3n) is 3.43. The molecule has 1 saturated heterocycles. The normalized spacial score (nSPS) is 19.2. The Morgan fingerprint density at radius 3 is 2.26 bits per heavy atom. The van der Waals surface area contributed by atoms with Crippen molar-refractivity contribution in [2.24, 2.45) is 5.92 Å². The summed E-state index contributed by atoms with van der Waals surface area (Å²) in [6.45, 7) is 10.7. The van der Waals surface area contributed by atoms with E-state index in [2.05, 4.69) is 24.1 Å². The molecular formula is C13H29N3O2S. The number of hydrogen-bond acceptors (Lipinski definition) is 4. The number of hydrogen-bond donors (Lipinski definition) is 1. The molecule has 1 N–H and O–H groups in total. The third kappa shape index (κ3) is 7.25. The molecule has 0 atom stereocenters. The zero-order valence-electron chi connectivity index (χ0n) is 12.6. The van der Waals surface area contributed by atoms with Crippen molar-refractivity contribution in [3.63, 3.8) is 0 Å². The summed E-state index contributed by atoms with van der Waals surface area (Å²) in [4.78, 5) is 2.37. The smallest absolute Gasteiger partial charge is 0.211 e. The molecule has 0 aromatic rings. The fourth-order valence-electron chi connectivity index (χ4n) is 2.26. The van der Waals surface area contributed by atoms with Crippen LogP contribution in [0.5, 0.6) is 0 Å². The lowest BCUT2D eigenvalue weighted by Gasteiger charge is -2.33. The van der Waals surface area contributed by atoms with Gasteiger partial charge in [0, 0.05) is 26.2 Å². The molecule has 0 aromatic carbocycles. The summed E-state index contributed by atoms with van der Waals surface area (Å²) in [7, 11) is -2.99. The van der Waals surface area contributed by atoms with Crippen LogP contribution in [0.15, 0.2) is 0 Å². The van der Waals surface area contributed by atoms with Crippen LogP contribution in [0.1, 0.15) is 26.7 Å². The van der Waals surface area contributed by atoms with Crippen LogP contribution in [0.3, 0.4) is 0 Å². The molecule has 0 spiro atoms. The maximum Gasteiger partial charge on any atom is 0.211 e. The maximum atomic E-state index is 11.4. The molecule has 6 heteroatoms. The Labute approximate surface area is 118 Å². The molecule has 1 aliphatic rings. The van der Waals surface area contributed by atoms with Crippen LogP contribution in [0.4, 0.5) is 0 Å². The van der Waals surface area contributed by atoms with Gasteiger partial charge in [-0.2, -0.15) is 4.31 Å². The monoisotopic (exact) mass is 291 g/mol. The Kier molecular flexibility index (Phi) is 7.28. The van der Waals surface area contributed by atoms with Crippen LogP contribution < -0.4 is 5.32 Å². The first-order chi connectivity index (χ1) is 8.89. The van der Waals surface area contributed by atoms with Crippen molar-refractivity contribution in [2.75, 3.05) is 52.1 Å². The first kappa shape index (κ1) is 16.9. The Morgan fingerprint density at radius 1 is 1.11 bits per heavy atom. The highest BCUT2D eigenvalue weighted by molar-refractivity contribution is 7.88. The quantitative estimate of drug-likeness (QED) is 0.665. The van der Waals surface area contributed by atoms with Crippen molar-refractivity contribution in [1.82, 2.24) is 14.5 Å². The minimum Gasteiger partial charge on any atom is -0.316 e. The lowest BCUT2D eigenvalue weighted by molar-refractivity contribution is 0.186. The van der Waals surface area contributed by atoms with E-state index in [9.17, 15) is 8.42 Å². The van der Waals surface area contributed by atoms with Crippen LogP contribution in [0.2, 0.25) is 0 Å². The van der Waals surface area contributed by atoms with E-state index in [-0.39, 0.29) is 0 Å². The maximum absolute atomic E-state index is 11.4. The van der Waals surface area contributed by atoms with Crippen molar-refractivity contribution >= 4 is 10.0 Å². The highest BCUT2D eigenvalue weighted by Crippen LogP contribution is 2.06. The summed E-state index contributed by atoms with van der Waals surface area (Å²) < 4.78 is 24.3. The van der Waals surface area contributed by atoms with Gasteiger partial charge in [0.25, 0.3) is 0 Å². The molecule has 114 valence electrons. The second kappa shape index (κ2) is 8.19. The van der Waals surface area contributed by atoms with Gasteiger partial charge in [-0.25, -0.2) is 8.42 Å². The Balaban J connectivity index is 2.04. The van der Waals surface area contributed by atoms with E-state index in [0.717, 1.165) is 32.7 Å². The molecular weight excluding hydrogens is 262 g/mol. The van der Waals surface area contributed by atoms with Gasteiger partial charge in [0.05, 0.1) is 6.26 Å². The molecule has 1 fully saturated rings. The van der Waals surface area contributed by atoms with Crippen LogP contribution in [-0.4, -0.2) is 69.7 Å². The van der Waals surface area contributed by atoms with Gasteiger partial charge in [0.1, 0.15) is 0 Å². The Hall–Kier alpha value is -0.170. The second-order valence-electron chi connectivity index (χ2n) is 5.81. The SMILES string of the molecule is CC(C)CNCCCCN1CCN(S(C)(=O)=O)CC1. The number of nitrogens with zero attached hydrogens (tertiary/aromatic N) is 2. The molecule has 0 radical (unpaired) electrons. The fourth-order valence-corrected chi connectivity index (χ4v) is 3.09. The summed E-state index contributed by atoms with van der Waals surface area (Å²) in [6, 6.07) is 0. The number of piperazine rings is 1. The fraction of sp³-hybridized carbons (Fsp3) is 1.00. The van der Waals surface area contributed by atoms with E-state index in [1.807, 2.05) is 0 Å². The first-order valence-corrected chi connectivity index (χ1v) is 9.12. The molecule has 0 unspecified atom stereocenters. The predicted molar refractivity (Wildman–Crippen MR) is 79.8 cm³/mol. The van der Waals surface area contributed by atoms with Gasteiger partial charge in [0.2, 0.25) is 10.0 Å². The summed E-state index contributed by atoms with van der Waals surface area (Å²) in [5, 5.41) is 3.44.